The van der Waals surface area contributed by atoms with Gasteiger partial charge in [0.05, 0.1) is 12.2 Å². The first kappa shape index (κ1) is 18.6. The van der Waals surface area contributed by atoms with Crippen molar-refractivity contribution in [2.45, 2.75) is 53.0 Å². The third kappa shape index (κ3) is 6.15. The molecule has 0 unspecified atom stereocenters. The van der Waals surface area contributed by atoms with E-state index in [2.05, 4.69) is 31.4 Å². The average Bonchev–Trinajstić information content (AvgIpc) is 2.80. The molecule has 1 aromatic rings. The number of aryl methyl sites for hydroxylation is 1. The van der Waals surface area contributed by atoms with Gasteiger partial charge in [-0.3, -0.25) is 4.79 Å². The Morgan fingerprint density at radius 1 is 1.27 bits per heavy atom. The van der Waals surface area contributed by atoms with Gasteiger partial charge in [0.2, 0.25) is 5.91 Å². The Morgan fingerprint density at radius 3 is 2.50 bits per heavy atom. The zero-order valence-corrected chi connectivity index (χ0v) is 14.9. The van der Waals surface area contributed by atoms with Crippen molar-refractivity contribution in [2.75, 3.05) is 18.5 Å². The maximum atomic E-state index is 12.0. The van der Waals surface area contributed by atoms with Crippen LogP contribution in [0.25, 0.3) is 0 Å². The van der Waals surface area contributed by atoms with Crippen LogP contribution in [0.2, 0.25) is 0 Å². The third-order valence-corrected chi connectivity index (χ3v) is 4.08. The Kier molecular flexibility index (Phi) is 7.03. The summed E-state index contributed by atoms with van der Waals surface area (Å²) in [6, 6.07) is 1.80. The van der Waals surface area contributed by atoms with Gasteiger partial charge in [0.25, 0.3) is 0 Å². The molecule has 0 aromatic carbocycles. The van der Waals surface area contributed by atoms with Crippen LogP contribution in [0.5, 0.6) is 0 Å². The summed E-state index contributed by atoms with van der Waals surface area (Å²) in [7, 11) is 0. The summed E-state index contributed by atoms with van der Waals surface area (Å²) in [5.41, 5.74) is 0.426. The van der Waals surface area contributed by atoms with Gasteiger partial charge in [0.15, 0.2) is 0 Å². The van der Waals surface area contributed by atoms with Crippen LogP contribution < -0.4 is 10.6 Å². The molecule has 0 bridgehead atoms. The summed E-state index contributed by atoms with van der Waals surface area (Å²) in [5, 5.41) is 6.67. The minimum absolute atomic E-state index is 0.0192. The standard InChI is InChI=1S/C16H26N2O3S/c1-6-11-10-12(15(20)21-7-2)14(22-11)18-13(19)8-9-17-16(3,4)5/h10,17H,6-9H2,1-5H3,(H,18,19). The molecule has 0 aliphatic heterocycles. The monoisotopic (exact) mass is 326 g/mol. The lowest BCUT2D eigenvalue weighted by molar-refractivity contribution is -0.116. The fourth-order valence-corrected chi connectivity index (χ4v) is 2.81. The number of hydrogen-bond donors (Lipinski definition) is 2. The van der Waals surface area contributed by atoms with E-state index < -0.39 is 0 Å². The van der Waals surface area contributed by atoms with Gasteiger partial charge in [-0.2, -0.15) is 0 Å². The molecule has 1 amide bonds. The smallest absolute Gasteiger partial charge is 0.341 e. The highest BCUT2D eigenvalue weighted by Gasteiger charge is 2.18. The van der Waals surface area contributed by atoms with Crippen LogP contribution >= 0.6 is 11.3 Å². The van der Waals surface area contributed by atoms with Crippen LogP contribution in [-0.2, 0) is 16.0 Å². The van der Waals surface area contributed by atoms with Crippen LogP contribution in [0.15, 0.2) is 6.07 Å². The molecule has 6 heteroatoms. The number of hydrogen-bond acceptors (Lipinski definition) is 5. The van der Waals surface area contributed by atoms with Crippen LogP contribution in [0.3, 0.4) is 0 Å². The quantitative estimate of drug-likeness (QED) is 0.755. The highest BCUT2D eigenvalue weighted by molar-refractivity contribution is 7.16. The van der Waals surface area contributed by atoms with Crippen molar-refractivity contribution in [3.63, 3.8) is 0 Å². The number of rotatable bonds is 7. The fraction of sp³-hybridized carbons (Fsp3) is 0.625. The second-order valence-electron chi connectivity index (χ2n) is 6.00. The lowest BCUT2D eigenvalue weighted by Gasteiger charge is -2.20. The first-order valence-corrected chi connectivity index (χ1v) is 8.43. The van der Waals surface area contributed by atoms with Crippen LogP contribution in [0.1, 0.15) is 56.3 Å². The maximum absolute atomic E-state index is 12.0. The van der Waals surface area contributed by atoms with Crippen molar-refractivity contribution in [3.8, 4) is 0 Å². The van der Waals surface area contributed by atoms with Gasteiger partial charge in [-0.1, -0.05) is 6.92 Å². The first-order chi connectivity index (χ1) is 10.3. The lowest BCUT2D eigenvalue weighted by atomic mass is 10.1. The Bertz CT molecular complexity index is 518. The number of anilines is 1. The minimum atomic E-state index is -0.387. The Hall–Kier alpha value is -1.40. The van der Waals surface area contributed by atoms with Gasteiger partial charge in [-0.05, 0) is 40.2 Å². The van der Waals surface area contributed by atoms with E-state index in [4.69, 9.17) is 4.74 Å². The molecule has 5 nitrogen and oxygen atoms in total. The van der Waals surface area contributed by atoms with Gasteiger partial charge < -0.3 is 15.4 Å². The molecule has 0 fully saturated rings. The van der Waals surface area contributed by atoms with E-state index in [0.29, 0.717) is 30.1 Å². The average molecular weight is 326 g/mol. The van der Waals surface area contributed by atoms with E-state index in [9.17, 15) is 9.59 Å². The molecule has 1 aromatic heterocycles. The Labute approximate surface area is 136 Å². The Balaban J connectivity index is 2.69. The number of ether oxygens (including phenoxy) is 1. The van der Waals surface area contributed by atoms with Crippen LogP contribution in [0.4, 0.5) is 5.00 Å². The molecule has 0 aliphatic carbocycles. The molecular weight excluding hydrogens is 300 g/mol. The number of nitrogens with one attached hydrogen (secondary N) is 2. The fourth-order valence-electron chi connectivity index (χ4n) is 1.81. The van der Waals surface area contributed by atoms with Crippen molar-refractivity contribution in [3.05, 3.63) is 16.5 Å². The van der Waals surface area contributed by atoms with Gasteiger partial charge in [0, 0.05) is 23.4 Å². The van der Waals surface area contributed by atoms with Gasteiger partial charge >= 0.3 is 5.97 Å². The number of thiophene rings is 1. The van der Waals surface area contributed by atoms with E-state index in [1.807, 2.05) is 6.92 Å². The lowest BCUT2D eigenvalue weighted by Crippen LogP contribution is -2.37. The van der Waals surface area contributed by atoms with Crippen molar-refractivity contribution in [2.24, 2.45) is 0 Å². The summed E-state index contributed by atoms with van der Waals surface area (Å²) >= 11 is 1.43. The first-order valence-electron chi connectivity index (χ1n) is 7.61. The second kappa shape index (κ2) is 8.29. The SMILES string of the molecule is CCOC(=O)c1cc(CC)sc1NC(=O)CCNC(C)(C)C. The van der Waals surface area contributed by atoms with Crippen LogP contribution in [-0.4, -0.2) is 30.6 Å². The zero-order valence-electron chi connectivity index (χ0n) is 14.0. The normalized spacial score (nSPS) is 11.3. The largest absolute Gasteiger partial charge is 0.462 e. The minimum Gasteiger partial charge on any atom is -0.462 e. The molecule has 1 heterocycles. The molecule has 0 spiro atoms. The predicted molar refractivity (Wildman–Crippen MR) is 90.7 cm³/mol. The van der Waals surface area contributed by atoms with E-state index in [0.717, 1.165) is 11.3 Å². The van der Waals surface area contributed by atoms with Crippen molar-refractivity contribution >= 4 is 28.2 Å². The zero-order chi connectivity index (χ0) is 16.8. The van der Waals surface area contributed by atoms with E-state index in [1.54, 1.807) is 13.0 Å². The molecule has 2 N–H and O–H groups in total. The predicted octanol–water partition coefficient (Wildman–Crippen LogP) is 3.20. The number of carbonyl (C=O) groups is 2. The topological polar surface area (TPSA) is 67.4 Å². The van der Waals surface area contributed by atoms with Crippen molar-refractivity contribution < 1.29 is 14.3 Å². The molecule has 0 saturated heterocycles. The van der Waals surface area contributed by atoms with E-state index in [1.165, 1.54) is 11.3 Å². The molecule has 0 radical (unpaired) electrons. The van der Waals surface area contributed by atoms with Crippen molar-refractivity contribution in [1.29, 1.82) is 0 Å². The number of esters is 1. The third-order valence-electron chi connectivity index (χ3n) is 2.89. The molecule has 0 atom stereocenters. The summed E-state index contributed by atoms with van der Waals surface area (Å²) in [6.07, 6.45) is 1.18. The second-order valence-corrected chi connectivity index (χ2v) is 7.14. The Morgan fingerprint density at radius 2 is 1.95 bits per heavy atom. The molecule has 1 rings (SSSR count). The molecule has 22 heavy (non-hydrogen) atoms. The number of amides is 1. The molecule has 0 saturated carbocycles. The van der Waals surface area contributed by atoms with E-state index >= 15 is 0 Å². The van der Waals surface area contributed by atoms with Gasteiger partial charge in [-0.15, -0.1) is 11.3 Å². The summed E-state index contributed by atoms with van der Waals surface area (Å²) in [4.78, 5) is 25.0. The summed E-state index contributed by atoms with van der Waals surface area (Å²) < 4.78 is 5.04. The van der Waals surface area contributed by atoms with Crippen LogP contribution in [0, 0.1) is 0 Å². The highest BCUT2D eigenvalue weighted by Crippen LogP contribution is 2.29. The maximum Gasteiger partial charge on any atom is 0.341 e. The molecule has 0 aliphatic rings. The summed E-state index contributed by atoms with van der Waals surface area (Å²) in [6.45, 7) is 10.8. The van der Waals surface area contributed by atoms with Crippen molar-refractivity contribution in [1.82, 2.24) is 5.32 Å². The number of carbonyl (C=O) groups excluding carboxylic acids is 2. The highest BCUT2D eigenvalue weighted by atomic mass is 32.1. The molecule has 124 valence electrons. The van der Waals surface area contributed by atoms with Gasteiger partial charge in [0.1, 0.15) is 5.00 Å². The van der Waals surface area contributed by atoms with E-state index in [-0.39, 0.29) is 17.4 Å². The van der Waals surface area contributed by atoms with Gasteiger partial charge in [-0.25, -0.2) is 4.79 Å². The molecular formula is C16H26N2O3S. The summed E-state index contributed by atoms with van der Waals surface area (Å²) in [5.74, 6) is -0.492.